The molecule has 0 bridgehead atoms. The van der Waals surface area contributed by atoms with Crippen molar-refractivity contribution >= 4 is 33.7 Å². The Kier molecular flexibility index (Phi) is 3.96. The maximum Gasteiger partial charge on any atom is 0.223 e. The van der Waals surface area contributed by atoms with E-state index in [1.54, 1.807) is 6.92 Å². The maximum absolute atomic E-state index is 12.0. The zero-order valence-corrected chi connectivity index (χ0v) is 12.7. The monoisotopic (exact) mass is 303 g/mol. The minimum Gasteiger partial charge on any atom is -0.341 e. The molecule has 1 N–H and O–H groups in total. The highest BCUT2D eigenvalue weighted by molar-refractivity contribution is 8.14. The highest BCUT2D eigenvalue weighted by Gasteiger charge is 2.30. The highest BCUT2D eigenvalue weighted by atomic mass is 32.2. The molecule has 1 amide bonds. The predicted molar refractivity (Wildman–Crippen MR) is 83.1 cm³/mol. The van der Waals surface area contributed by atoms with Crippen LogP contribution in [0.1, 0.15) is 18.9 Å². The van der Waals surface area contributed by atoms with Gasteiger partial charge in [-0.1, -0.05) is 23.9 Å². The largest absolute Gasteiger partial charge is 0.341 e. The lowest BCUT2D eigenvalue weighted by Crippen LogP contribution is -2.28. The van der Waals surface area contributed by atoms with E-state index in [0.29, 0.717) is 19.5 Å². The number of amides is 1. The van der Waals surface area contributed by atoms with E-state index in [4.69, 9.17) is 0 Å². The number of carbonyl (C=O) groups excluding carboxylic acids is 2. The van der Waals surface area contributed by atoms with Gasteiger partial charge in [-0.25, -0.2) is 0 Å². The minimum atomic E-state index is 0.0813. The summed E-state index contributed by atoms with van der Waals surface area (Å²) in [5, 5.41) is 8.31. The molecule has 5 nitrogen and oxygen atoms in total. The first kappa shape index (κ1) is 14.1. The first-order valence-corrected chi connectivity index (χ1v) is 7.87. The van der Waals surface area contributed by atoms with Crippen molar-refractivity contribution < 1.29 is 9.59 Å². The number of H-pyrrole nitrogens is 1. The number of nitrogens with one attached hydrogen (secondary N) is 1. The third-order valence-electron chi connectivity index (χ3n) is 3.74. The first-order valence-electron chi connectivity index (χ1n) is 6.99. The van der Waals surface area contributed by atoms with Crippen LogP contribution in [0.15, 0.2) is 24.4 Å². The van der Waals surface area contributed by atoms with E-state index >= 15 is 0 Å². The van der Waals surface area contributed by atoms with E-state index in [0.717, 1.165) is 17.3 Å². The van der Waals surface area contributed by atoms with E-state index < -0.39 is 0 Å². The molecule has 1 fully saturated rings. The van der Waals surface area contributed by atoms with Crippen LogP contribution in [0, 0.1) is 0 Å². The van der Waals surface area contributed by atoms with Gasteiger partial charge in [0.05, 0.1) is 11.7 Å². The summed E-state index contributed by atoms with van der Waals surface area (Å²) in [5.74, 6) is 0.146. The fraction of sp³-hybridized carbons (Fsp3) is 0.400. The predicted octanol–water partition coefficient (Wildman–Crippen LogP) is 1.99. The molecule has 2 heterocycles. The second kappa shape index (κ2) is 5.89. The number of aromatic nitrogens is 2. The van der Waals surface area contributed by atoms with Gasteiger partial charge in [0, 0.05) is 37.1 Å². The van der Waals surface area contributed by atoms with E-state index in [9.17, 15) is 9.59 Å². The Morgan fingerprint density at radius 3 is 3.19 bits per heavy atom. The van der Waals surface area contributed by atoms with Crippen LogP contribution >= 0.6 is 11.8 Å². The van der Waals surface area contributed by atoms with Gasteiger partial charge in [0.15, 0.2) is 5.12 Å². The Morgan fingerprint density at radius 1 is 1.52 bits per heavy atom. The van der Waals surface area contributed by atoms with Crippen LogP contribution < -0.4 is 0 Å². The Hall–Kier alpha value is -1.82. The second-order valence-electron chi connectivity index (χ2n) is 5.27. The van der Waals surface area contributed by atoms with Crippen molar-refractivity contribution in [3.05, 3.63) is 30.0 Å². The molecule has 6 heteroatoms. The van der Waals surface area contributed by atoms with Gasteiger partial charge in [-0.05, 0) is 18.1 Å². The molecule has 1 saturated heterocycles. The molecule has 110 valence electrons. The van der Waals surface area contributed by atoms with Crippen molar-refractivity contribution in [2.45, 2.75) is 25.0 Å². The molecule has 0 aliphatic carbocycles. The van der Waals surface area contributed by atoms with Gasteiger partial charge in [-0.3, -0.25) is 14.7 Å². The van der Waals surface area contributed by atoms with Crippen molar-refractivity contribution in [3.8, 4) is 0 Å². The second-order valence-corrected chi connectivity index (χ2v) is 6.75. The summed E-state index contributed by atoms with van der Waals surface area (Å²) in [4.78, 5) is 25.0. The number of hydrogen-bond donors (Lipinski definition) is 1. The van der Waals surface area contributed by atoms with Crippen LogP contribution in [-0.4, -0.2) is 44.5 Å². The van der Waals surface area contributed by atoms with Crippen molar-refractivity contribution in [2.75, 3.05) is 13.1 Å². The maximum atomic E-state index is 12.0. The topological polar surface area (TPSA) is 66.1 Å². The molecular weight excluding hydrogens is 286 g/mol. The number of fused-ring (bicyclic) bond motifs is 1. The average Bonchev–Trinajstić information content (AvgIpc) is 3.02. The number of aromatic amines is 1. The Labute approximate surface area is 127 Å². The molecule has 3 rings (SSSR count). The summed E-state index contributed by atoms with van der Waals surface area (Å²) in [6.07, 6.45) is 3.10. The average molecular weight is 303 g/mol. The van der Waals surface area contributed by atoms with Gasteiger partial charge in [0.1, 0.15) is 0 Å². The lowest BCUT2D eigenvalue weighted by Gasteiger charge is -2.16. The van der Waals surface area contributed by atoms with Crippen LogP contribution in [0.5, 0.6) is 0 Å². The van der Waals surface area contributed by atoms with Crippen molar-refractivity contribution in [2.24, 2.45) is 0 Å². The van der Waals surface area contributed by atoms with E-state index in [1.807, 2.05) is 23.2 Å². The van der Waals surface area contributed by atoms with E-state index in [1.165, 1.54) is 17.3 Å². The first-order chi connectivity index (χ1) is 10.1. The molecule has 1 aliphatic rings. The van der Waals surface area contributed by atoms with Gasteiger partial charge in [0.2, 0.25) is 5.91 Å². The lowest BCUT2D eigenvalue weighted by atomic mass is 10.1. The molecule has 1 atom stereocenters. The van der Waals surface area contributed by atoms with Gasteiger partial charge >= 0.3 is 0 Å². The summed E-state index contributed by atoms with van der Waals surface area (Å²) in [6, 6.07) is 6.06. The van der Waals surface area contributed by atoms with Gasteiger partial charge in [-0.2, -0.15) is 5.10 Å². The number of rotatable bonds is 4. The number of benzene rings is 1. The smallest absolute Gasteiger partial charge is 0.223 e. The van der Waals surface area contributed by atoms with Crippen LogP contribution in [0.4, 0.5) is 0 Å². The fourth-order valence-electron chi connectivity index (χ4n) is 2.77. The van der Waals surface area contributed by atoms with Gasteiger partial charge in [-0.15, -0.1) is 0 Å². The molecule has 1 aliphatic heterocycles. The Balaban J connectivity index is 1.64. The molecule has 0 saturated carbocycles. The molecule has 21 heavy (non-hydrogen) atoms. The quantitative estimate of drug-likeness (QED) is 0.938. The fourth-order valence-corrected chi connectivity index (χ4v) is 3.72. The summed E-state index contributed by atoms with van der Waals surface area (Å²) >= 11 is 1.28. The molecule has 0 spiro atoms. The van der Waals surface area contributed by atoms with Crippen LogP contribution in [0.3, 0.4) is 0 Å². The summed E-state index contributed by atoms with van der Waals surface area (Å²) in [7, 11) is 0. The minimum absolute atomic E-state index is 0.0813. The normalized spacial score (nSPS) is 18.6. The third kappa shape index (κ3) is 3.10. The standard InChI is InChI=1S/C15H17N3O2S/c1-10(19)21-12-7-15(20)18(9-12)6-5-11-3-2-4-14-13(11)8-16-17-14/h2-4,8,12H,5-7,9H2,1H3,(H,16,17). The molecular formula is C15H17N3O2S. The zero-order chi connectivity index (χ0) is 14.8. The number of likely N-dealkylation sites (tertiary alicyclic amines) is 1. The molecule has 2 aromatic rings. The van der Waals surface area contributed by atoms with Crippen LogP contribution in [-0.2, 0) is 16.0 Å². The zero-order valence-electron chi connectivity index (χ0n) is 11.8. The molecule has 0 radical (unpaired) electrons. The number of thioether (sulfide) groups is 1. The van der Waals surface area contributed by atoms with Crippen molar-refractivity contribution in [1.82, 2.24) is 15.1 Å². The Bertz CT molecular complexity index is 682. The van der Waals surface area contributed by atoms with Crippen LogP contribution in [0.2, 0.25) is 0 Å². The summed E-state index contributed by atoms with van der Waals surface area (Å²) in [6.45, 7) is 2.92. The number of nitrogens with zero attached hydrogens (tertiary/aromatic N) is 2. The highest BCUT2D eigenvalue weighted by Crippen LogP contribution is 2.25. The Morgan fingerprint density at radius 2 is 2.38 bits per heavy atom. The molecule has 1 aromatic carbocycles. The summed E-state index contributed by atoms with van der Waals surface area (Å²) < 4.78 is 0. The summed E-state index contributed by atoms with van der Waals surface area (Å²) in [5.41, 5.74) is 2.21. The third-order valence-corrected chi connectivity index (χ3v) is 4.72. The molecule has 1 aromatic heterocycles. The van der Waals surface area contributed by atoms with Crippen molar-refractivity contribution in [3.63, 3.8) is 0 Å². The van der Waals surface area contributed by atoms with Gasteiger partial charge in [0.25, 0.3) is 0 Å². The van der Waals surface area contributed by atoms with Crippen molar-refractivity contribution in [1.29, 1.82) is 0 Å². The SMILES string of the molecule is CC(=O)SC1CC(=O)N(CCc2cccc3[nH]ncc23)C1. The van der Waals surface area contributed by atoms with E-state index in [-0.39, 0.29) is 16.3 Å². The number of carbonyl (C=O) groups is 2. The molecule has 1 unspecified atom stereocenters. The van der Waals surface area contributed by atoms with E-state index in [2.05, 4.69) is 16.3 Å². The number of hydrogen-bond acceptors (Lipinski definition) is 4. The van der Waals surface area contributed by atoms with Gasteiger partial charge < -0.3 is 4.90 Å². The lowest BCUT2D eigenvalue weighted by molar-refractivity contribution is -0.127. The van der Waals surface area contributed by atoms with Crippen LogP contribution in [0.25, 0.3) is 10.9 Å².